The fourth-order valence-corrected chi connectivity index (χ4v) is 4.97. The van der Waals surface area contributed by atoms with Crippen LogP contribution in [-0.4, -0.2) is 64.4 Å². The van der Waals surface area contributed by atoms with Gasteiger partial charge in [0.1, 0.15) is 12.6 Å². The molecule has 0 spiro atoms. The van der Waals surface area contributed by atoms with Crippen molar-refractivity contribution in [2.45, 2.75) is 57.7 Å². The van der Waals surface area contributed by atoms with E-state index in [4.69, 9.17) is 4.74 Å². The molecule has 1 saturated heterocycles. The van der Waals surface area contributed by atoms with Crippen molar-refractivity contribution in [1.29, 1.82) is 0 Å². The van der Waals surface area contributed by atoms with Crippen LogP contribution in [0.3, 0.4) is 0 Å². The summed E-state index contributed by atoms with van der Waals surface area (Å²) in [6.07, 6.45) is -1.59. The van der Waals surface area contributed by atoms with E-state index in [1.165, 1.54) is 4.90 Å². The van der Waals surface area contributed by atoms with Crippen LogP contribution in [0.5, 0.6) is 0 Å². The average molecular weight is 481 g/mol. The van der Waals surface area contributed by atoms with E-state index in [1.807, 2.05) is 57.2 Å². The molecule has 8 nitrogen and oxygen atoms in total. The first-order valence-corrected chi connectivity index (χ1v) is 11.9. The Morgan fingerprint density at radius 1 is 1.06 bits per heavy atom. The van der Waals surface area contributed by atoms with Gasteiger partial charge >= 0.3 is 12.1 Å². The molecule has 4 rings (SSSR count). The molecule has 1 aliphatic carbocycles. The lowest BCUT2D eigenvalue weighted by atomic mass is 9.84. The smallest absolute Gasteiger partial charge is 0.407 e. The van der Waals surface area contributed by atoms with E-state index >= 15 is 0 Å². The standard InChI is InChI=1S/C27H32N2O6/c1-27(2,3)23(13-24(31)29-14-16(30)12-22(29)25(32)33)28-26(34)35-15-21-19-10-6-4-8-17(19)18-9-5-7-11-20(18)21/h4-11,16,21-23,30H,12-15H2,1-3H3,(H,28,34)(H,32,33)/t16?,22-,23?/m0/s1. The van der Waals surface area contributed by atoms with E-state index in [-0.39, 0.29) is 31.9 Å². The van der Waals surface area contributed by atoms with Gasteiger partial charge in [-0.25, -0.2) is 9.59 Å². The highest BCUT2D eigenvalue weighted by Gasteiger charge is 2.41. The summed E-state index contributed by atoms with van der Waals surface area (Å²) in [7, 11) is 0. The Hall–Kier alpha value is -3.39. The van der Waals surface area contributed by atoms with Crippen LogP contribution in [-0.2, 0) is 14.3 Å². The first-order valence-electron chi connectivity index (χ1n) is 11.9. The lowest BCUT2D eigenvalue weighted by molar-refractivity contribution is -0.148. The molecule has 2 aliphatic rings. The Kier molecular flexibility index (Phi) is 6.85. The first kappa shape index (κ1) is 24.7. The van der Waals surface area contributed by atoms with E-state index in [9.17, 15) is 24.6 Å². The van der Waals surface area contributed by atoms with E-state index in [0.717, 1.165) is 22.3 Å². The second-order valence-corrected chi connectivity index (χ2v) is 10.4. The van der Waals surface area contributed by atoms with Crippen LogP contribution in [0.1, 0.15) is 50.7 Å². The Bertz CT molecular complexity index is 1080. The third-order valence-corrected chi connectivity index (χ3v) is 6.94. The number of aliphatic hydroxyl groups excluding tert-OH is 1. The largest absolute Gasteiger partial charge is 0.480 e. The summed E-state index contributed by atoms with van der Waals surface area (Å²) in [5.41, 5.74) is 4.00. The number of carbonyl (C=O) groups is 3. The van der Waals surface area contributed by atoms with Crippen LogP contribution in [0.4, 0.5) is 4.79 Å². The number of benzene rings is 2. The van der Waals surface area contributed by atoms with E-state index in [2.05, 4.69) is 17.4 Å². The first-order chi connectivity index (χ1) is 16.6. The van der Waals surface area contributed by atoms with Gasteiger partial charge in [0, 0.05) is 31.3 Å². The number of nitrogens with zero attached hydrogens (tertiary/aromatic N) is 1. The van der Waals surface area contributed by atoms with Crippen LogP contribution >= 0.6 is 0 Å². The number of hydrogen-bond acceptors (Lipinski definition) is 5. The molecular weight excluding hydrogens is 448 g/mol. The summed E-state index contributed by atoms with van der Waals surface area (Å²) in [4.78, 5) is 38.5. The molecule has 0 radical (unpaired) electrons. The topological polar surface area (TPSA) is 116 Å². The molecule has 8 heteroatoms. The molecule has 2 aromatic rings. The second-order valence-electron chi connectivity index (χ2n) is 10.4. The maximum Gasteiger partial charge on any atom is 0.407 e. The van der Waals surface area contributed by atoms with Gasteiger partial charge < -0.3 is 25.2 Å². The summed E-state index contributed by atoms with van der Waals surface area (Å²) in [5, 5.41) is 22.1. The minimum absolute atomic E-state index is 0.00106. The number of carboxylic acid groups (broad SMARTS) is 1. The van der Waals surface area contributed by atoms with Crippen molar-refractivity contribution in [2.24, 2.45) is 5.41 Å². The predicted molar refractivity (Wildman–Crippen MR) is 130 cm³/mol. The Balaban J connectivity index is 1.42. The quantitative estimate of drug-likeness (QED) is 0.584. The van der Waals surface area contributed by atoms with Crippen LogP contribution in [0, 0.1) is 5.41 Å². The van der Waals surface area contributed by atoms with Gasteiger partial charge in [0.15, 0.2) is 0 Å². The molecule has 2 aromatic carbocycles. The highest BCUT2D eigenvalue weighted by atomic mass is 16.5. The van der Waals surface area contributed by atoms with Crippen molar-refractivity contribution in [3.05, 3.63) is 59.7 Å². The molecule has 3 atom stereocenters. The van der Waals surface area contributed by atoms with Crippen molar-refractivity contribution in [1.82, 2.24) is 10.2 Å². The summed E-state index contributed by atoms with van der Waals surface area (Å²) < 4.78 is 5.64. The zero-order valence-corrected chi connectivity index (χ0v) is 20.2. The van der Waals surface area contributed by atoms with Gasteiger partial charge in [-0.15, -0.1) is 0 Å². The van der Waals surface area contributed by atoms with E-state index < -0.39 is 41.6 Å². The second kappa shape index (κ2) is 9.70. The van der Waals surface area contributed by atoms with Gasteiger partial charge in [0.05, 0.1) is 6.10 Å². The van der Waals surface area contributed by atoms with Gasteiger partial charge in [-0.05, 0) is 27.7 Å². The maximum absolute atomic E-state index is 12.9. The van der Waals surface area contributed by atoms with Crippen LogP contribution in [0.2, 0.25) is 0 Å². The Morgan fingerprint density at radius 3 is 2.17 bits per heavy atom. The molecular formula is C27H32N2O6. The SMILES string of the molecule is CC(C)(C)C(CC(=O)N1CC(O)C[C@H]1C(=O)O)NC(=O)OCC1c2ccccc2-c2ccccc21. The zero-order valence-electron chi connectivity index (χ0n) is 20.2. The molecule has 1 aliphatic heterocycles. The number of carbonyl (C=O) groups excluding carboxylic acids is 2. The summed E-state index contributed by atoms with van der Waals surface area (Å²) in [6, 6.07) is 14.5. The third kappa shape index (κ3) is 5.17. The summed E-state index contributed by atoms with van der Waals surface area (Å²) in [6.45, 7) is 5.80. The Morgan fingerprint density at radius 2 is 1.63 bits per heavy atom. The minimum atomic E-state index is -1.15. The zero-order chi connectivity index (χ0) is 25.3. The third-order valence-electron chi connectivity index (χ3n) is 6.94. The van der Waals surface area contributed by atoms with Crippen molar-refractivity contribution in [2.75, 3.05) is 13.2 Å². The van der Waals surface area contributed by atoms with Crippen LogP contribution < -0.4 is 5.32 Å². The monoisotopic (exact) mass is 480 g/mol. The molecule has 0 bridgehead atoms. The summed E-state index contributed by atoms with van der Waals surface area (Å²) >= 11 is 0. The number of amides is 2. The number of likely N-dealkylation sites (tertiary alicyclic amines) is 1. The highest BCUT2D eigenvalue weighted by Crippen LogP contribution is 2.44. The number of rotatable bonds is 6. The number of carboxylic acids is 1. The average Bonchev–Trinajstić information content (AvgIpc) is 3.35. The molecule has 0 saturated carbocycles. The van der Waals surface area contributed by atoms with E-state index in [1.54, 1.807) is 0 Å². The minimum Gasteiger partial charge on any atom is -0.480 e. The van der Waals surface area contributed by atoms with Crippen LogP contribution in [0.25, 0.3) is 11.1 Å². The van der Waals surface area contributed by atoms with Crippen molar-refractivity contribution >= 4 is 18.0 Å². The molecule has 3 N–H and O–H groups in total. The number of hydrogen-bond donors (Lipinski definition) is 3. The maximum atomic E-state index is 12.9. The van der Waals surface area contributed by atoms with Gasteiger partial charge in [-0.2, -0.15) is 0 Å². The van der Waals surface area contributed by atoms with Gasteiger partial charge in [0.25, 0.3) is 0 Å². The van der Waals surface area contributed by atoms with Gasteiger partial charge in [-0.3, -0.25) is 4.79 Å². The lowest BCUT2D eigenvalue weighted by Crippen LogP contribution is -2.49. The molecule has 0 aromatic heterocycles. The van der Waals surface area contributed by atoms with Gasteiger partial charge in [0.2, 0.25) is 5.91 Å². The predicted octanol–water partition coefficient (Wildman–Crippen LogP) is 3.38. The number of aliphatic carboxylic acids is 1. The molecule has 1 fully saturated rings. The molecule has 35 heavy (non-hydrogen) atoms. The number of β-amino-alcohol motifs (C(OH)–C–C–N with tert-alkyl or cyclic N) is 1. The fraction of sp³-hybridized carbons (Fsp3) is 0.444. The number of alkyl carbamates (subject to hydrolysis) is 1. The summed E-state index contributed by atoms with van der Waals surface area (Å²) in [5.74, 6) is -1.65. The molecule has 2 amide bonds. The van der Waals surface area contributed by atoms with Crippen molar-refractivity contribution in [3.63, 3.8) is 0 Å². The van der Waals surface area contributed by atoms with Crippen molar-refractivity contribution in [3.8, 4) is 11.1 Å². The number of fused-ring (bicyclic) bond motifs is 3. The Labute approximate surface area is 204 Å². The van der Waals surface area contributed by atoms with Crippen molar-refractivity contribution < 1.29 is 29.3 Å². The highest BCUT2D eigenvalue weighted by molar-refractivity contribution is 5.85. The molecule has 2 unspecified atom stereocenters. The number of ether oxygens (including phenoxy) is 1. The lowest BCUT2D eigenvalue weighted by Gasteiger charge is -2.33. The normalized spacial score (nSPS) is 20.2. The molecule has 1 heterocycles. The number of nitrogens with one attached hydrogen (secondary N) is 1. The van der Waals surface area contributed by atoms with Crippen LogP contribution in [0.15, 0.2) is 48.5 Å². The number of aliphatic hydroxyl groups is 1. The molecule has 186 valence electrons. The van der Waals surface area contributed by atoms with Gasteiger partial charge in [-0.1, -0.05) is 69.3 Å². The fourth-order valence-electron chi connectivity index (χ4n) is 4.97. The van der Waals surface area contributed by atoms with E-state index in [0.29, 0.717) is 0 Å².